The standard InChI is InChI=1S/C36H43BN4O7/c1-21(13-15-44-6)36(20-42,46-33(38)43)41-14-7-8-29(41)32-39-28-12-9-22-17-27-25-11-10-24(37-47-34(2,3)35(4,5)48-37)16-23(25)19-45-30(27)18-26(22)31(28)40-32/h9-12,16-18,20-21,29H,7-8,13-15,19H2,1-6H3,(H2,38,43)(H,39,40). The number of nitrogens with one attached hydrogen (secondary N) is 1. The number of likely N-dealkylation sites (tertiary alicyclic amines) is 1. The number of H-pyrrole nitrogens is 1. The van der Waals surface area contributed by atoms with Crippen LogP contribution in [0.15, 0.2) is 42.5 Å². The van der Waals surface area contributed by atoms with Crippen LogP contribution in [0.4, 0.5) is 4.79 Å². The lowest BCUT2D eigenvalue weighted by atomic mass is 9.77. The maximum Gasteiger partial charge on any atom is 0.494 e. The summed E-state index contributed by atoms with van der Waals surface area (Å²) in [6, 6.07) is 14.4. The number of aromatic nitrogens is 2. The summed E-state index contributed by atoms with van der Waals surface area (Å²) in [6.07, 6.45) is 1.74. The zero-order valence-electron chi connectivity index (χ0n) is 28.4. The number of amides is 1. The van der Waals surface area contributed by atoms with Crippen LogP contribution >= 0.6 is 0 Å². The molecule has 0 saturated carbocycles. The Morgan fingerprint density at radius 2 is 1.94 bits per heavy atom. The number of ether oxygens (including phenoxy) is 3. The summed E-state index contributed by atoms with van der Waals surface area (Å²) < 4.78 is 29.8. The number of carbonyl (C=O) groups excluding carboxylic acids is 2. The fourth-order valence-corrected chi connectivity index (χ4v) is 7.39. The van der Waals surface area contributed by atoms with E-state index in [1.165, 1.54) is 0 Å². The van der Waals surface area contributed by atoms with Crippen LogP contribution < -0.4 is 15.9 Å². The third kappa shape index (κ3) is 5.26. The molecule has 3 atom stereocenters. The van der Waals surface area contributed by atoms with E-state index < -0.39 is 30.1 Å². The Bertz CT molecular complexity index is 1890. The highest BCUT2D eigenvalue weighted by molar-refractivity contribution is 6.62. The van der Waals surface area contributed by atoms with Crippen molar-refractivity contribution in [2.75, 3.05) is 20.3 Å². The van der Waals surface area contributed by atoms with Gasteiger partial charge >= 0.3 is 13.2 Å². The predicted octanol–water partition coefficient (Wildman–Crippen LogP) is 5.37. The Balaban J connectivity index is 1.23. The number of imidazole rings is 1. The second kappa shape index (κ2) is 11.9. The molecule has 3 aliphatic rings. The van der Waals surface area contributed by atoms with Crippen molar-refractivity contribution in [3.05, 3.63) is 53.9 Å². The molecule has 0 aliphatic carbocycles. The third-order valence-corrected chi connectivity index (χ3v) is 10.8. The van der Waals surface area contributed by atoms with E-state index in [0.29, 0.717) is 38.3 Å². The topological polar surface area (TPSA) is 138 Å². The maximum atomic E-state index is 12.8. The van der Waals surface area contributed by atoms with Gasteiger partial charge in [0.1, 0.15) is 18.2 Å². The van der Waals surface area contributed by atoms with E-state index in [-0.39, 0.29) is 12.0 Å². The SMILES string of the molecule is COCCC(C)C(C=O)(OC(N)=O)N1CCCC1c1nc2c(ccc3cc4c(cc32)OCc2cc(B3OC(C)(C)C(C)(C)O3)ccc2-4)[nH]1. The van der Waals surface area contributed by atoms with Crippen LogP contribution in [0.2, 0.25) is 0 Å². The average Bonchev–Trinajstić information content (AvgIpc) is 3.77. The third-order valence-electron chi connectivity index (χ3n) is 10.8. The smallest absolute Gasteiger partial charge is 0.488 e. The molecule has 4 heterocycles. The molecule has 0 radical (unpaired) electrons. The van der Waals surface area contributed by atoms with E-state index in [2.05, 4.69) is 69.1 Å². The van der Waals surface area contributed by atoms with Crippen molar-refractivity contribution in [1.82, 2.24) is 14.9 Å². The minimum atomic E-state index is -1.55. The predicted molar refractivity (Wildman–Crippen MR) is 183 cm³/mol. The highest BCUT2D eigenvalue weighted by Crippen LogP contribution is 2.44. The number of hydrogen-bond acceptors (Lipinski definition) is 9. The van der Waals surface area contributed by atoms with Gasteiger partial charge < -0.3 is 34.2 Å². The second-order valence-corrected chi connectivity index (χ2v) is 14.3. The summed E-state index contributed by atoms with van der Waals surface area (Å²) in [7, 11) is 1.16. The van der Waals surface area contributed by atoms with Gasteiger partial charge in [0, 0.05) is 37.1 Å². The molecule has 4 aromatic rings. The van der Waals surface area contributed by atoms with Crippen LogP contribution in [0.3, 0.4) is 0 Å². The van der Waals surface area contributed by atoms with Crippen LogP contribution in [0.5, 0.6) is 5.75 Å². The summed E-state index contributed by atoms with van der Waals surface area (Å²) >= 11 is 0. The number of hydrogen-bond donors (Lipinski definition) is 2. The van der Waals surface area contributed by atoms with Crippen LogP contribution in [0, 0.1) is 5.92 Å². The van der Waals surface area contributed by atoms with Gasteiger partial charge in [-0.1, -0.05) is 31.2 Å². The molecule has 3 N–H and O–H groups in total. The number of primary amides is 1. The Kier molecular flexibility index (Phi) is 8.06. The molecule has 7 rings (SSSR count). The number of methoxy groups -OCH3 is 1. The first kappa shape index (κ1) is 32.6. The molecule has 48 heavy (non-hydrogen) atoms. The van der Waals surface area contributed by atoms with Gasteiger partial charge in [0.25, 0.3) is 0 Å². The average molecular weight is 655 g/mol. The largest absolute Gasteiger partial charge is 0.494 e. The number of aldehydes is 1. The van der Waals surface area contributed by atoms with Gasteiger partial charge in [0.2, 0.25) is 5.72 Å². The lowest BCUT2D eigenvalue weighted by molar-refractivity contribution is -0.166. The molecule has 12 heteroatoms. The Labute approximate surface area is 280 Å². The van der Waals surface area contributed by atoms with Gasteiger partial charge in [-0.25, -0.2) is 14.7 Å². The Morgan fingerprint density at radius 1 is 1.17 bits per heavy atom. The van der Waals surface area contributed by atoms with Gasteiger partial charge in [-0.2, -0.15) is 0 Å². The first-order chi connectivity index (χ1) is 22.9. The second-order valence-electron chi connectivity index (χ2n) is 14.3. The van der Waals surface area contributed by atoms with E-state index in [9.17, 15) is 9.59 Å². The molecule has 0 spiro atoms. The lowest BCUT2D eigenvalue weighted by Gasteiger charge is -2.42. The fourth-order valence-electron chi connectivity index (χ4n) is 7.39. The van der Waals surface area contributed by atoms with Gasteiger partial charge in [0.15, 0.2) is 6.29 Å². The highest BCUT2D eigenvalue weighted by Gasteiger charge is 2.52. The molecule has 1 aromatic heterocycles. The van der Waals surface area contributed by atoms with Crippen molar-refractivity contribution >= 4 is 46.8 Å². The van der Waals surface area contributed by atoms with Crippen molar-refractivity contribution in [3.63, 3.8) is 0 Å². The molecule has 0 bridgehead atoms. The normalized spacial score (nSPS) is 21.8. The molecule has 3 unspecified atom stereocenters. The molecule has 11 nitrogen and oxygen atoms in total. The van der Waals surface area contributed by atoms with Crippen LogP contribution in [-0.4, -0.2) is 71.6 Å². The molecule has 2 saturated heterocycles. The monoisotopic (exact) mass is 654 g/mol. The van der Waals surface area contributed by atoms with Gasteiger partial charge in [-0.3, -0.25) is 4.79 Å². The number of rotatable bonds is 9. The molecular weight excluding hydrogens is 611 g/mol. The number of nitrogens with two attached hydrogens (primary N) is 1. The summed E-state index contributed by atoms with van der Waals surface area (Å²) in [6.45, 7) is 11.5. The van der Waals surface area contributed by atoms with Crippen molar-refractivity contribution in [2.45, 2.75) is 83.5 Å². The van der Waals surface area contributed by atoms with E-state index in [1.807, 2.05) is 17.9 Å². The molecule has 3 aliphatic heterocycles. The zero-order valence-corrected chi connectivity index (χ0v) is 28.4. The number of fused-ring (bicyclic) bond motifs is 6. The van der Waals surface area contributed by atoms with Gasteiger partial charge in [0.05, 0.1) is 28.3 Å². The van der Waals surface area contributed by atoms with Crippen LogP contribution in [-0.2, 0) is 30.2 Å². The fraction of sp³-hybridized carbons (Fsp3) is 0.472. The van der Waals surface area contributed by atoms with Crippen LogP contribution in [0.1, 0.15) is 71.3 Å². The first-order valence-electron chi connectivity index (χ1n) is 16.7. The van der Waals surface area contributed by atoms with Crippen LogP contribution in [0.25, 0.3) is 32.9 Å². The number of carbonyl (C=O) groups is 2. The quantitative estimate of drug-likeness (QED) is 0.180. The summed E-state index contributed by atoms with van der Waals surface area (Å²) in [5.74, 6) is 1.12. The number of aromatic amines is 1. The number of benzene rings is 3. The molecule has 2 fully saturated rings. The minimum absolute atomic E-state index is 0.291. The van der Waals surface area contributed by atoms with Gasteiger partial charge in [-0.15, -0.1) is 0 Å². The number of nitrogens with zero attached hydrogens (tertiary/aromatic N) is 2. The van der Waals surface area contributed by atoms with Crippen molar-refractivity contribution in [2.24, 2.45) is 11.7 Å². The summed E-state index contributed by atoms with van der Waals surface area (Å²) in [5.41, 5.74) is 9.00. The molecule has 3 aromatic carbocycles. The lowest BCUT2D eigenvalue weighted by Crippen LogP contribution is -2.58. The van der Waals surface area contributed by atoms with E-state index >= 15 is 0 Å². The van der Waals surface area contributed by atoms with Gasteiger partial charge in [-0.05, 0) is 87.1 Å². The van der Waals surface area contributed by atoms with E-state index in [1.54, 1.807) is 7.11 Å². The maximum absolute atomic E-state index is 12.8. The Hall–Kier alpha value is -3.97. The molecule has 252 valence electrons. The zero-order chi connectivity index (χ0) is 34.0. The highest BCUT2D eigenvalue weighted by atomic mass is 16.7. The summed E-state index contributed by atoms with van der Waals surface area (Å²) in [4.78, 5) is 35.4. The molecular formula is C36H43BN4O7. The van der Waals surface area contributed by atoms with E-state index in [0.717, 1.165) is 62.6 Å². The first-order valence-corrected chi connectivity index (χ1v) is 16.7. The minimum Gasteiger partial charge on any atom is -0.488 e. The van der Waals surface area contributed by atoms with Crippen molar-refractivity contribution < 1.29 is 33.1 Å². The van der Waals surface area contributed by atoms with E-state index in [4.69, 9.17) is 34.2 Å². The van der Waals surface area contributed by atoms with Crippen molar-refractivity contribution in [3.8, 4) is 16.9 Å². The molecule has 1 amide bonds. The Morgan fingerprint density at radius 3 is 2.65 bits per heavy atom. The van der Waals surface area contributed by atoms with Crippen molar-refractivity contribution in [1.29, 1.82) is 0 Å². The summed E-state index contributed by atoms with van der Waals surface area (Å²) in [5, 5.41) is 1.99.